The molecule has 0 atom stereocenters. The van der Waals surface area contributed by atoms with Gasteiger partial charge in [-0.2, -0.15) is 0 Å². The van der Waals surface area contributed by atoms with E-state index >= 15 is 0 Å². The van der Waals surface area contributed by atoms with E-state index in [4.69, 9.17) is 5.48 Å². The number of hydrogen-bond acceptors (Lipinski definition) is 2. The molecule has 0 fully saturated rings. The minimum atomic E-state index is -0.828. The first-order valence-corrected chi connectivity index (χ1v) is 3.16. The summed E-state index contributed by atoms with van der Waals surface area (Å²) in [6.45, 7) is 0. The molecule has 4 heteroatoms. The molecule has 0 aliphatic heterocycles. The van der Waals surface area contributed by atoms with Crippen molar-refractivity contribution < 1.29 is 5.48 Å². The number of aromatic nitrogens is 2. The van der Waals surface area contributed by atoms with Gasteiger partial charge in [-0.05, 0) is 12.1 Å². The lowest BCUT2D eigenvalue weighted by molar-refractivity contribution is 1.08. The molecule has 0 saturated heterocycles. The number of benzene rings is 1. The zero-order valence-electron chi connectivity index (χ0n) is 9.82. The van der Waals surface area contributed by atoms with E-state index in [9.17, 15) is 9.59 Å². The third kappa shape index (κ3) is 0.934. The fourth-order valence-electron chi connectivity index (χ4n) is 0.887. The maximum atomic E-state index is 11.4. The Labute approximate surface area is 72.5 Å². The lowest BCUT2D eigenvalue weighted by atomic mass is 10.2. The van der Waals surface area contributed by atoms with E-state index in [-0.39, 0.29) is 10.9 Å². The van der Waals surface area contributed by atoms with Crippen LogP contribution in [0.5, 0.6) is 0 Å². The van der Waals surface area contributed by atoms with Gasteiger partial charge in [-0.3, -0.25) is 9.78 Å². The molecule has 0 spiro atoms. The lowest BCUT2D eigenvalue weighted by Gasteiger charge is -1.92. The molecule has 0 unspecified atom stereocenters. The number of nitrogens with one attached hydrogen (secondary N) is 2. The molecule has 2 aromatic rings. The molecule has 0 radical (unpaired) electrons. The van der Waals surface area contributed by atoms with Gasteiger partial charge in [0.05, 0.1) is 16.4 Å². The van der Waals surface area contributed by atoms with E-state index in [0.717, 1.165) is 0 Å². The average molecular weight is 166 g/mol. The minimum Gasteiger partial charge on any atom is -0.307 e. The zero-order chi connectivity index (χ0) is 12.0. The highest BCUT2D eigenvalue weighted by Gasteiger charge is 1.96. The summed E-state index contributed by atoms with van der Waals surface area (Å²) in [4.78, 5) is 26.5. The van der Waals surface area contributed by atoms with Gasteiger partial charge in [0.1, 0.15) is 0 Å². The van der Waals surface area contributed by atoms with Crippen LogP contribution < -0.4 is 11.2 Å². The third-order valence-corrected chi connectivity index (χ3v) is 1.38. The molecule has 1 aromatic carbocycles. The Balaban J connectivity index is 3.21. The highest BCUT2D eigenvalue weighted by atomic mass is 16.2. The third-order valence-electron chi connectivity index (χ3n) is 1.38. The van der Waals surface area contributed by atoms with Crippen molar-refractivity contribution in [2.24, 2.45) is 0 Å². The SMILES string of the molecule is [2H]c1c([2H])c([2H])c2c(=O)[nH]c(=O)[nH]c2c1[2H]. The van der Waals surface area contributed by atoms with Crippen molar-refractivity contribution in [3.63, 3.8) is 0 Å². The van der Waals surface area contributed by atoms with Crippen molar-refractivity contribution in [1.82, 2.24) is 9.97 Å². The van der Waals surface area contributed by atoms with Crippen molar-refractivity contribution in [3.05, 3.63) is 45.0 Å². The second-order valence-electron chi connectivity index (χ2n) is 2.16. The maximum absolute atomic E-state index is 11.4. The summed E-state index contributed by atoms with van der Waals surface area (Å²) < 4.78 is 29.8. The first-order chi connectivity index (χ1) is 7.43. The van der Waals surface area contributed by atoms with Crippen LogP contribution in [0, 0.1) is 0 Å². The van der Waals surface area contributed by atoms with Crippen molar-refractivity contribution in [2.75, 3.05) is 0 Å². The van der Waals surface area contributed by atoms with Gasteiger partial charge in [-0.15, -0.1) is 0 Å². The van der Waals surface area contributed by atoms with Crippen LogP contribution in [-0.2, 0) is 0 Å². The fourth-order valence-corrected chi connectivity index (χ4v) is 0.887. The van der Waals surface area contributed by atoms with Gasteiger partial charge in [0.2, 0.25) is 0 Å². The van der Waals surface area contributed by atoms with Gasteiger partial charge in [0.15, 0.2) is 0 Å². The predicted octanol–water partition coefficient (Wildman–Crippen LogP) is 0.216. The van der Waals surface area contributed by atoms with E-state index < -0.39 is 35.4 Å². The van der Waals surface area contributed by atoms with E-state index in [0.29, 0.717) is 0 Å². The summed E-state index contributed by atoms with van der Waals surface area (Å²) in [5.74, 6) is 0. The molecule has 60 valence electrons. The Hall–Kier alpha value is -1.84. The first kappa shape index (κ1) is 3.71. The summed E-state index contributed by atoms with van der Waals surface area (Å²) >= 11 is 0. The quantitative estimate of drug-likeness (QED) is 0.587. The monoisotopic (exact) mass is 166 g/mol. The van der Waals surface area contributed by atoms with Crippen molar-refractivity contribution in [1.29, 1.82) is 0 Å². The van der Waals surface area contributed by atoms with Gasteiger partial charge in [0, 0.05) is 0 Å². The van der Waals surface area contributed by atoms with E-state index in [1.54, 1.807) is 0 Å². The molecule has 1 heterocycles. The van der Waals surface area contributed by atoms with Gasteiger partial charge < -0.3 is 4.98 Å². The second kappa shape index (κ2) is 2.34. The van der Waals surface area contributed by atoms with Gasteiger partial charge >= 0.3 is 5.69 Å². The molecule has 1 aromatic heterocycles. The first-order valence-electron chi connectivity index (χ1n) is 5.16. The van der Waals surface area contributed by atoms with Crippen molar-refractivity contribution in [3.8, 4) is 0 Å². The van der Waals surface area contributed by atoms with Crippen LogP contribution in [0.1, 0.15) is 5.48 Å². The predicted molar refractivity (Wildman–Crippen MR) is 45.2 cm³/mol. The Bertz CT molecular complexity index is 704. The van der Waals surface area contributed by atoms with Gasteiger partial charge in [0.25, 0.3) is 5.56 Å². The largest absolute Gasteiger partial charge is 0.326 e. The van der Waals surface area contributed by atoms with Crippen LogP contribution in [0.2, 0.25) is 0 Å². The molecule has 4 nitrogen and oxygen atoms in total. The molecule has 0 aliphatic rings. The van der Waals surface area contributed by atoms with Crippen LogP contribution in [0.15, 0.2) is 33.8 Å². The molecule has 12 heavy (non-hydrogen) atoms. The zero-order valence-corrected chi connectivity index (χ0v) is 5.82. The Kier molecular flexibility index (Phi) is 0.722. The summed E-state index contributed by atoms with van der Waals surface area (Å²) in [6.07, 6.45) is 0. The Morgan fingerprint density at radius 1 is 1.17 bits per heavy atom. The normalized spacial score (nSPS) is 15.0. The van der Waals surface area contributed by atoms with E-state index in [1.165, 1.54) is 0 Å². The number of para-hydroxylation sites is 1. The summed E-state index contributed by atoms with van der Waals surface area (Å²) in [7, 11) is 0. The molecule has 0 bridgehead atoms. The summed E-state index contributed by atoms with van der Waals surface area (Å²) in [5, 5.41) is -0.245. The topological polar surface area (TPSA) is 65.7 Å². The Morgan fingerprint density at radius 2 is 1.92 bits per heavy atom. The number of hydrogen-bond donors (Lipinski definition) is 2. The smallest absolute Gasteiger partial charge is 0.307 e. The fraction of sp³-hybridized carbons (Fsp3) is 0. The average Bonchev–Trinajstić information content (AvgIpc) is 2.22. The van der Waals surface area contributed by atoms with Crippen molar-refractivity contribution in [2.45, 2.75) is 0 Å². The number of H-pyrrole nitrogens is 2. The lowest BCUT2D eigenvalue weighted by Crippen LogP contribution is -2.21. The highest BCUT2D eigenvalue weighted by Crippen LogP contribution is 2.01. The standard InChI is InChI=1S/C8H6N2O2/c11-7-5-3-1-2-4-6(5)9-8(12)10-7/h1-4H,(H2,9,10,11,12)/i1D,2D,3D,4D. The molecule has 0 amide bonds. The van der Waals surface area contributed by atoms with Gasteiger partial charge in [-0.25, -0.2) is 4.79 Å². The van der Waals surface area contributed by atoms with Gasteiger partial charge in [-0.1, -0.05) is 12.1 Å². The van der Waals surface area contributed by atoms with Crippen molar-refractivity contribution >= 4 is 10.9 Å². The molecule has 2 N–H and O–H groups in total. The second-order valence-corrected chi connectivity index (χ2v) is 2.16. The van der Waals surface area contributed by atoms with Crippen LogP contribution in [0.3, 0.4) is 0 Å². The number of fused-ring (bicyclic) bond motifs is 1. The summed E-state index contributed by atoms with van der Waals surface area (Å²) in [5.41, 5.74) is -1.81. The van der Waals surface area contributed by atoms with Crippen LogP contribution in [0.25, 0.3) is 10.9 Å². The van der Waals surface area contributed by atoms with E-state index in [1.807, 2.05) is 4.98 Å². The van der Waals surface area contributed by atoms with Crippen LogP contribution in [-0.4, -0.2) is 9.97 Å². The molecule has 0 aliphatic carbocycles. The molecule has 0 saturated carbocycles. The number of aromatic amines is 2. The molecular weight excluding hydrogens is 156 g/mol. The minimum absolute atomic E-state index is 0.181. The Morgan fingerprint density at radius 3 is 2.75 bits per heavy atom. The number of rotatable bonds is 0. The molecule has 2 rings (SSSR count). The highest BCUT2D eigenvalue weighted by molar-refractivity contribution is 5.76. The maximum Gasteiger partial charge on any atom is 0.326 e. The van der Waals surface area contributed by atoms with E-state index in [2.05, 4.69) is 4.98 Å². The van der Waals surface area contributed by atoms with Crippen LogP contribution >= 0.6 is 0 Å². The van der Waals surface area contributed by atoms with Crippen LogP contribution in [0.4, 0.5) is 0 Å². The molecular formula is C8H6N2O2. The summed E-state index contributed by atoms with van der Waals surface area (Å²) in [6, 6.07) is -1.89.